The van der Waals surface area contributed by atoms with Crippen molar-refractivity contribution in [3.63, 3.8) is 0 Å². The zero-order valence-corrected chi connectivity index (χ0v) is 15.7. The molecule has 0 saturated heterocycles. The highest BCUT2D eigenvalue weighted by Crippen LogP contribution is 2.23. The van der Waals surface area contributed by atoms with Gasteiger partial charge in [0.2, 0.25) is 5.91 Å². The van der Waals surface area contributed by atoms with Crippen molar-refractivity contribution in [3.05, 3.63) is 46.6 Å². The Balaban J connectivity index is 1.91. The summed E-state index contributed by atoms with van der Waals surface area (Å²) in [5, 5.41) is 5.94. The van der Waals surface area contributed by atoms with E-state index in [-0.39, 0.29) is 5.91 Å². The van der Waals surface area contributed by atoms with Gasteiger partial charge in [-0.1, -0.05) is 48.8 Å². The number of halogens is 1. The average molecular weight is 395 g/mol. The van der Waals surface area contributed by atoms with Gasteiger partial charge >= 0.3 is 0 Å². The summed E-state index contributed by atoms with van der Waals surface area (Å²) in [6, 6.07) is 11.7. The van der Waals surface area contributed by atoms with Gasteiger partial charge in [0.1, 0.15) is 11.5 Å². The fourth-order valence-corrected chi connectivity index (χ4v) is 2.17. The van der Waals surface area contributed by atoms with Crippen molar-refractivity contribution in [2.24, 2.45) is 5.41 Å². The van der Waals surface area contributed by atoms with Gasteiger partial charge in [0.05, 0.1) is 6.54 Å². The minimum Gasteiger partial charge on any atom is -0.459 e. The van der Waals surface area contributed by atoms with Gasteiger partial charge in [-0.05, 0) is 36.5 Å². The highest BCUT2D eigenvalue weighted by atomic mass is 79.9. The van der Waals surface area contributed by atoms with Gasteiger partial charge in [-0.25, -0.2) is 0 Å². The fourth-order valence-electron chi connectivity index (χ4n) is 1.74. The van der Waals surface area contributed by atoms with Gasteiger partial charge in [0, 0.05) is 15.5 Å². The third-order valence-corrected chi connectivity index (χ3v) is 3.90. The molecule has 2 N–H and O–H groups in total. The number of thiocarbonyl (C=S) groups is 1. The van der Waals surface area contributed by atoms with E-state index in [1.807, 2.05) is 57.2 Å². The molecule has 23 heavy (non-hydrogen) atoms. The van der Waals surface area contributed by atoms with Gasteiger partial charge in [0.25, 0.3) is 0 Å². The van der Waals surface area contributed by atoms with Crippen LogP contribution in [0.3, 0.4) is 0 Å². The zero-order chi connectivity index (χ0) is 17.0. The van der Waals surface area contributed by atoms with Crippen LogP contribution in [0.4, 0.5) is 0 Å². The molecule has 0 bridgehead atoms. The summed E-state index contributed by atoms with van der Waals surface area (Å²) in [5.41, 5.74) is 0.522. The molecule has 4 nitrogen and oxygen atoms in total. The lowest BCUT2D eigenvalue weighted by molar-refractivity contribution is -0.126. The van der Waals surface area contributed by atoms with Crippen LogP contribution in [0.25, 0.3) is 11.3 Å². The van der Waals surface area contributed by atoms with Crippen LogP contribution in [0, 0.1) is 5.41 Å². The van der Waals surface area contributed by atoms with E-state index in [0.717, 1.165) is 21.6 Å². The molecule has 1 aromatic carbocycles. The standard InChI is InChI=1S/C17H19BrN2O2S/c1-17(2,3)15(21)20-16(23)19-10-13-8-9-14(22-13)11-4-6-12(18)7-5-11/h4-9H,10H2,1-3H3,(H2,19,20,21,23). The Kier molecular flexibility index (Phi) is 5.59. The van der Waals surface area contributed by atoms with Crippen molar-refractivity contribution in [1.29, 1.82) is 0 Å². The molecular weight excluding hydrogens is 376 g/mol. The number of benzene rings is 1. The third-order valence-electron chi connectivity index (χ3n) is 3.12. The van der Waals surface area contributed by atoms with Crippen LogP contribution < -0.4 is 10.6 Å². The van der Waals surface area contributed by atoms with Crippen LogP contribution >= 0.6 is 28.1 Å². The van der Waals surface area contributed by atoms with Crippen LogP contribution in [-0.2, 0) is 11.3 Å². The van der Waals surface area contributed by atoms with E-state index in [9.17, 15) is 4.79 Å². The van der Waals surface area contributed by atoms with Crippen molar-refractivity contribution >= 4 is 39.2 Å². The normalized spacial score (nSPS) is 11.1. The molecule has 2 aromatic rings. The Morgan fingerprint density at radius 1 is 1.17 bits per heavy atom. The lowest BCUT2D eigenvalue weighted by Gasteiger charge is -2.18. The van der Waals surface area contributed by atoms with Crippen LogP contribution in [0.1, 0.15) is 26.5 Å². The molecule has 0 aliphatic carbocycles. The van der Waals surface area contributed by atoms with Gasteiger partial charge in [0.15, 0.2) is 5.11 Å². The lowest BCUT2D eigenvalue weighted by Crippen LogP contribution is -2.44. The summed E-state index contributed by atoms with van der Waals surface area (Å²) in [6.07, 6.45) is 0. The molecule has 0 radical (unpaired) electrons. The van der Waals surface area contributed by atoms with Gasteiger partial charge < -0.3 is 15.1 Å². The summed E-state index contributed by atoms with van der Waals surface area (Å²) < 4.78 is 6.80. The van der Waals surface area contributed by atoms with Crippen molar-refractivity contribution in [1.82, 2.24) is 10.6 Å². The number of hydrogen-bond acceptors (Lipinski definition) is 3. The quantitative estimate of drug-likeness (QED) is 0.764. The first kappa shape index (κ1) is 17.7. The summed E-state index contributed by atoms with van der Waals surface area (Å²) >= 11 is 8.53. The highest BCUT2D eigenvalue weighted by molar-refractivity contribution is 9.10. The van der Waals surface area contributed by atoms with Crippen LogP contribution in [0.2, 0.25) is 0 Å². The maximum atomic E-state index is 11.8. The number of hydrogen-bond donors (Lipinski definition) is 2. The molecule has 2 rings (SSSR count). The van der Waals surface area contributed by atoms with E-state index in [1.54, 1.807) is 0 Å². The number of amides is 1. The Morgan fingerprint density at radius 2 is 1.83 bits per heavy atom. The minimum atomic E-state index is -0.481. The Bertz CT molecular complexity index is 702. The van der Waals surface area contributed by atoms with Crippen molar-refractivity contribution < 1.29 is 9.21 Å². The largest absolute Gasteiger partial charge is 0.459 e. The van der Waals surface area contributed by atoms with E-state index < -0.39 is 5.41 Å². The summed E-state index contributed by atoms with van der Waals surface area (Å²) in [4.78, 5) is 11.8. The predicted octanol–water partition coefficient (Wildman–Crippen LogP) is 4.25. The van der Waals surface area contributed by atoms with E-state index in [1.165, 1.54) is 0 Å². The Labute approximate surface area is 149 Å². The molecule has 0 unspecified atom stereocenters. The van der Waals surface area contributed by atoms with E-state index in [0.29, 0.717) is 11.7 Å². The molecule has 0 atom stereocenters. The highest BCUT2D eigenvalue weighted by Gasteiger charge is 2.21. The molecular formula is C17H19BrN2O2S. The second-order valence-corrected chi connectivity index (χ2v) is 7.48. The molecule has 0 saturated carbocycles. The lowest BCUT2D eigenvalue weighted by atomic mass is 9.96. The molecule has 1 heterocycles. The van der Waals surface area contributed by atoms with Crippen molar-refractivity contribution in [3.8, 4) is 11.3 Å². The smallest absolute Gasteiger partial charge is 0.231 e. The van der Waals surface area contributed by atoms with Crippen LogP contribution in [0.15, 0.2) is 45.3 Å². The van der Waals surface area contributed by atoms with Crippen molar-refractivity contribution in [2.45, 2.75) is 27.3 Å². The Morgan fingerprint density at radius 3 is 2.43 bits per heavy atom. The van der Waals surface area contributed by atoms with E-state index in [4.69, 9.17) is 16.6 Å². The first-order chi connectivity index (χ1) is 10.8. The van der Waals surface area contributed by atoms with E-state index >= 15 is 0 Å². The fraction of sp³-hybridized carbons (Fsp3) is 0.294. The molecule has 122 valence electrons. The predicted molar refractivity (Wildman–Crippen MR) is 98.9 cm³/mol. The molecule has 0 fully saturated rings. The van der Waals surface area contributed by atoms with E-state index in [2.05, 4.69) is 26.6 Å². The maximum absolute atomic E-state index is 11.8. The number of nitrogens with one attached hydrogen (secondary N) is 2. The third kappa shape index (κ3) is 5.18. The first-order valence-corrected chi connectivity index (χ1v) is 8.40. The SMILES string of the molecule is CC(C)(C)C(=O)NC(=S)NCc1ccc(-c2ccc(Br)cc2)o1. The topological polar surface area (TPSA) is 54.3 Å². The van der Waals surface area contributed by atoms with Gasteiger partial charge in [-0.3, -0.25) is 4.79 Å². The van der Waals surface area contributed by atoms with Gasteiger partial charge in [-0.2, -0.15) is 0 Å². The molecule has 1 amide bonds. The van der Waals surface area contributed by atoms with Crippen LogP contribution in [-0.4, -0.2) is 11.0 Å². The second kappa shape index (κ2) is 7.27. The summed E-state index contributed by atoms with van der Waals surface area (Å²) in [6.45, 7) is 5.92. The monoisotopic (exact) mass is 394 g/mol. The number of carbonyl (C=O) groups is 1. The minimum absolute atomic E-state index is 0.120. The maximum Gasteiger partial charge on any atom is 0.231 e. The number of rotatable bonds is 3. The summed E-state index contributed by atoms with van der Waals surface area (Å²) in [5.74, 6) is 1.42. The molecule has 1 aromatic heterocycles. The molecule has 0 spiro atoms. The Hall–Kier alpha value is -1.66. The number of furan rings is 1. The van der Waals surface area contributed by atoms with Gasteiger partial charge in [-0.15, -0.1) is 0 Å². The second-order valence-electron chi connectivity index (χ2n) is 6.16. The average Bonchev–Trinajstić information content (AvgIpc) is 2.94. The first-order valence-electron chi connectivity index (χ1n) is 7.19. The molecule has 0 aliphatic rings. The van der Waals surface area contributed by atoms with Crippen LogP contribution in [0.5, 0.6) is 0 Å². The van der Waals surface area contributed by atoms with Crippen molar-refractivity contribution in [2.75, 3.05) is 0 Å². The zero-order valence-electron chi connectivity index (χ0n) is 13.3. The molecule has 0 aliphatic heterocycles. The number of carbonyl (C=O) groups excluding carboxylic acids is 1. The summed E-state index contributed by atoms with van der Waals surface area (Å²) in [7, 11) is 0. The molecule has 6 heteroatoms.